The minimum absolute atomic E-state index is 0.0109. The lowest BCUT2D eigenvalue weighted by Crippen LogP contribution is -2.18. The molecule has 0 saturated heterocycles. The maximum absolute atomic E-state index is 11.5. The molecule has 0 bridgehead atoms. The van der Waals surface area contributed by atoms with Crippen molar-refractivity contribution in [3.63, 3.8) is 0 Å². The number of hydrogen-bond donors (Lipinski definition) is 1. The quantitative estimate of drug-likeness (QED) is 0.802. The zero-order chi connectivity index (χ0) is 11.4. The standard InChI is InChI=1S/C13H17NO/c1-9(2)11-7-5-6-8-12(11)14-13(15)10(3)4/h5-8,10H,1H2,2-4H3,(H,14,15). The molecule has 2 heteroatoms. The van der Waals surface area contributed by atoms with Gasteiger partial charge >= 0.3 is 0 Å². The fourth-order valence-corrected chi connectivity index (χ4v) is 1.24. The molecule has 0 aliphatic rings. The monoisotopic (exact) mass is 203 g/mol. The zero-order valence-electron chi connectivity index (χ0n) is 9.50. The Morgan fingerprint density at radius 2 is 1.93 bits per heavy atom. The molecular formula is C13H17NO. The third-order valence-corrected chi connectivity index (χ3v) is 2.17. The van der Waals surface area contributed by atoms with Crippen LogP contribution in [0, 0.1) is 5.92 Å². The second-order valence-corrected chi connectivity index (χ2v) is 3.97. The molecule has 0 spiro atoms. The maximum Gasteiger partial charge on any atom is 0.226 e. The highest BCUT2D eigenvalue weighted by Gasteiger charge is 2.09. The van der Waals surface area contributed by atoms with E-state index in [2.05, 4.69) is 11.9 Å². The lowest BCUT2D eigenvalue weighted by molar-refractivity contribution is -0.118. The molecule has 0 fully saturated rings. The fraction of sp³-hybridized carbons (Fsp3) is 0.308. The molecule has 1 rings (SSSR count). The Morgan fingerprint density at radius 3 is 2.47 bits per heavy atom. The minimum atomic E-state index is -0.0109. The van der Waals surface area contributed by atoms with Crippen LogP contribution < -0.4 is 5.32 Å². The second-order valence-electron chi connectivity index (χ2n) is 3.97. The summed E-state index contributed by atoms with van der Waals surface area (Å²) in [5, 5.41) is 2.89. The van der Waals surface area contributed by atoms with Crippen LogP contribution in [-0.4, -0.2) is 5.91 Å². The zero-order valence-corrected chi connectivity index (χ0v) is 9.50. The average molecular weight is 203 g/mol. The number of nitrogens with one attached hydrogen (secondary N) is 1. The van der Waals surface area contributed by atoms with Crippen molar-refractivity contribution < 1.29 is 4.79 Å². The van der Waals surface area contributed by atoms with Gasteiger partial charge in [-0.1, -0.05) is 38.6 Å². The normalized spacial score (nSPS) is 10.1. The molecule has 80 valence electrons. The number of benzene rings is 1. The maximum atomic E-state index is 11.5. The Bertz CT molecular complexity index is 380. The van der Waals surface area contributed by atoms with E-state index in [4.69, 9.17) is 0 Å². The molecule has 1 N–H and O–H groups in total. The van der Waals surface area contributed by atoms with Crippen LogP contribution in [0.3, 0.4) is 0 Å². The van der Waals surface area contributed by atoms with Gasteiger partial charge in [0.2, 0.25) is 5.91 Å². The van der Waals surface area contributed by atoms with Crippen LogP contribution in [0.5, 0.6) is 0 Å². The van der Waals surface area contributed by atoms with Crippen LogP contribution in [0.15, 0.2) is 30.8 Å². The summed E-state index contributed by atoms with van der Waals surface area (Å²) in [6.45, 7) is 9.57. The third-order valence-electron chi connectivity index (χ3n) is 2.17. The predicted octanol–water partition coefficient (Wildman–Crippen LogP) is 3.31. The van der Waals surface area contributed by atoms with E-state index in [1.54, 1.807) is 0 Å². The van der Waals surface area contributed by atoms with Crippen LogP contribution in [-0.2, 0) is 4.79 Å². The first-order chi connectivity index (χ1) is 7.02. The van der Waals surface area contributed by atoms with Crippen LogP contribution in [0.25, 0.3) is 5.57 Å². The molecule has 1 aromatic carbocycles. The number of carbonyl (C=O) groups excluding carboxylic acids is 1. The molecule has 0 atom stereocenters. The van der Waals surface area contributed by atoms with Crippen LogP contribution in [0.4, 0.5) is 5.69 Å². The average Bonchev–Trinajstić information content (AvgIpc) is 2.18. The number of rotatable bonds is 3. The van der Waals surface area contributed by atoms with Gasteiger partial charge in [-0.25, -0.2) is 0 Å². The number of allylic oxidation sites excluding steroid dienone is 1. The minimum Gasteiger partial charge on any atom is -0.325 e. The van der Waals surface area contributed by atoms with Gasteiger partial charge in [0.1, 0.15) is 0 Å². The van der Waals surface area contributed by atoms with Gasteiger partial charge in [-0.15, -0.1) is 0 Å². The molecule has 0 saturated carbocycles. The number of para-hydroxylation sites is 1. The van der Waals surface area contributed by atoms with Crippen molar-refractivity contribution in [1.29, 1.82) is 0 Å². The van der Waals surface area contributed by atoms with Crippen LogP contribution in [0.1, 0.15) is 26.3 Å². The van der Waals surface area contributed by atoms with Crippen LogP contribution >= 0.6 is 0 Å². The number of amides is 1. The fourth-order valence-electron chi connectivity index (χ4n) is 1.24. The van der Waals surface area contributed by atoms with Crippen molar-refractivity contribution in [2.24, 2.45) is 5.92 Å². The highest BCUT2D eigenvalue weighted by molar-refractivity contribution is 5.94. The summed E-state index contributed by atoms with van der Waals surface area (Å²) in [6, 6.07) is 7.69. The smallest absolute Gasteiger partial charge is 0.226 e. The van der Waals surface area contributed by atoms with Gasteiger partial charge in [-0.05, 0) is 18.6 Å². The summed E-state index contributed by atoms with van der Waals surface area (Å²) in [5.74, 6) is 0.0203. The molecule has 1 aromatic rings. The molecule has 0 aliphatic heterocycles. The SMILES string of the molecule is C=C(C)c1ccccc1NC(=O)C(C)C. The van der Waals surface area contributed by atoms with Crippen molar-refractivity contribution in [2.75, 3.05) is 5.32 Å². The van der Waals surface area contributed by atoms with Crippen molar-refractivity contribution in [2.45, 2.75) is 20.8 Å². The molecule has 0 unspecified atom stereocenters. The Morgan fingerprint density at radius 1 is 1.33 bits per heavy atom. The number of carbonyl (C=O) groups is 1. The van der Waals surface area contributed by atoms with Crippen molar-refractivity contribution >= 4 is 17.2 Å². The molecule has 2 nitrogen and oxygen atoms in total. The Balaban J connectivity index is 2.94. The van der Waals surface area contributed by atoms with E-state index < -0.39 is 0 Å². The molecule has 0 aromatic heterocycles. The van der Waals surface area contributed by atoms with Gasteiger partial charge in [-0.2, -0.15) is 0 Å². The van der Waals surface area contributed by atoms with Gasteiger partial charge in [0.25, 0.3) is 0 Å². The van der Waals surface area contributed by atoms with E-state index in [9.17, 15) is 4.79 Å². The highest BCUT2D eigenvalue weighted by atomic mass is 16.1. The Labute approximate surface area is 91.0 Å². The Kier molecular flexibility index (Phi) is 3.67. The van der Waals surface area contributed by atoms with Gasteiger partial charge in [-0.3, -0.25) is 4.79 Å². The van der Waals surface area contributed by atoms with Gasteiger partial charge in [0.15, 0.2) is 0 Å². The molecule has 0 heterocycles. The van der Waals surface area contributed by atoms with Gasteiger partial charge in [0, 0.05) is 17.2 Å². The Hall–Kier alpha value is -1.57. The largest absolute Gasteiger partial charge is 0.325 e. The topological polar surface area (TPSA) is 29.1 Å². The molecule has 0 aliphatic carbocycles. The van der Waals surface area contributed by atoms with Gasteiger partial charge < -0.3 is 5.32 Å². The predicted molar refractivity (Wildman–Crippen MR) is 64.6 cm³/mol. The summed E-state index contributed by atoms with van der Waals surface area (Å²) in [7, 11) is 0. The number of anilines is 1. The lowest BCUT2D eigenvalue weighted by atomic mass is 10.1. The van der Waals surface area contributed by atoms with Crippen molar-refractivity contribution in [3.8, 4) is 0 Å². The first-order valence-corrected chi connectivity index (χ1v) is 5.08. The van der Waals surface area contributed by atoms with E-state index in [-0.39, 0.29) is 11.8 Å². The summed E-state index contributed by atoms with van der Waals surface area (Å²) in [6.07, 6.45) is 0. The van der Waals surface area contributed by atoms with Crippen molar-refractivity contribution in [3.05, 3.63) is 36.4 Å². The first kappa shape index (κ1) is 11.5. The summed E-state index contributed by atoms with van der Waals surface area (Å²) >= 11 is 0. The third kappa shape index (κ3) is 2.94. The molecular weight excluding hydrogens is 186 g/mol. The number of hydrogen-bond acceptors (Lipinski definition) is 1. The van der Waals surface area contributed by atoms with E-state index in [1.807, 2.05) is 45.0 Å². The van der Waals surface area contributed by atoms with E-state index in [0.717, 1.165) is 16.8 Å². The van der Waals surface area contributed by atoms with Crippen LogP contribution in [0.2, 0.25) is 0 Å². The summed E-state index contributed by atoms with van der Waals surface area (Å²) in [4.78, 5) is 11.5. The molecule has 1 amide bonds. The molecule has 0 radical (unpaired) electrons. The first-order valence-electron chi connectivity index (χ1n) is 5.08. The molecule has 15 heavy (non-hydrogen) atoms. The lowest BCUT2D eigenvalue weighted by Gasteiger charge is -2.12. The summed E-state index contributed by atoms with van der Waals surface area (Å²) < 4.78 is 0. The second kappa shape index (κ2) is 4.78. The van der Waals surface area contributed by atoms with E-state index in [1.165, 1.54) is 0 Å². The van der Waals surface area contributed by atoms with Gasteiger partial charge in [0.05, 0.1) is 0 Å². The summed E-state index contributed by atoms with van der Waals surface area (Å²) in [5.41, 5.74) is 2.78. The van der Waals surface area contributed by atoms with E-state index in [0.29, 0.717) is 0 Å². The highest BCUT2D eigenvalue weighted by Crippen LogP contribution is 2.22. The van der Waals surface area contributed by atoms with E-state index >= 15 is 0 Å². The van der Waals surface area contributed by atoms with Crippen molar-refractivity contribution in [1.82, 2.24) is 0 Å².